The number of rotatable bonds is 17. The van der Waals surface area contributed by atoms with Crippen LogP contribution in [0.15, 0.2) is 91.3 Å². The summed E-state index contributed by atoms with van der Waals surface area (Å²) in [4.78, 5) is 79.4. The zero-order valence-corrected chi connectivity index (χ0v) is 39.2. The number of carbonyl (C=O) groups excluding carboxylic acids is 5. The number of morpholine rings is 1. The summed E-state index contributed by atoms with van der Waals surface area (Å²) in [6.07, 6.45) is 9.51. The summed E-state index contributed by atoms with van der Waals surface area (Å²) in [6.45, 7) is 9.93. The molecule has 2 aliphatic rings. The summed E-state index contributed by atoms with van der Waals surface area (Å²) >= 11 is 0. The van der Waals surface area contributed by atoms with E-state index in [-0.39, 0.29) is 48.5 Å². The fourth-order valence-corrected chi connectivity index (χ4v) is 8.58. The van der Waals surface area contributed by atoms with Gasteiger partial charge in [0.05, 0.1) is 53.9 Å². The van der Waals surface area contributed by atoms with Crippen LogP contribution in [-0.4, -0.2) is 110 Å². The third-order valence-electron chi connectivity index (χ3n) is 12.1. The molecule has 1 saturated carbocycles. The molecular formula is C51H62N10O7. The predicted molar refractivity (Wildman–Crippen MR) is 260 cm³/mol. The van der Waals surface area contributed by atoms with Crippen molar-refractivity contribution < 1.29 is 33.4 Å². The molecule has 6 aromatic rings. The number of ether oxygens (including phenoxy) is 2. The second-order valence-electron chi connectivity index (χ2n) is 17.1. The van der Waals surface area contributed by atoms with Gasteiger partial charge in [-0.15, -0.1) is 0 Å². The highest BCUT2D eigenvalue weighted by Crippen LogP contribution is 2.28. The van der Waals surface area contributed by atoms with Crippen molar-refractivity contribution in [2.24, 2.45) is 5.92 Å². The van der Waals surface area contributed by atoms with E-state index in [0.29, 0.717) is 48.2 Å². The van der Waals surface area contributed by atoms with Crippen LogP contribution in [0, 0.1) is 5.92 Å². The minimum atomic E-state index is -0.339. The van der Waals surface area contributed by atoms with Gasteiger partial charge in [0.25, 0.3) is 11.8 Å². The lowest BCUT2D eigenvalue weighted by atomic mass is 9.88. The van der Waals surface area contributed by atoms with Crippen LogP contribution in [0.5, 0.6) is 0 Å². The Morgan fingerprint density at radius 2 is 1.40 bits per heavy atom. The highest BCUT2D eigenvalue weighted by molar-refractivity contribution is 6.04. The fourth-order valence-electron chi connectivity index (χ4n) is 8.58. The van der Waals surface area contributed by atoms with Crippen molar-refractivity contribution in [3.8, 4) is 0 Å². The first-order valence-electron chi connectivity index (χ1n) is 23.6. The molecule has 3 aromatic heterocycles. The number of fused-ring (bicyclic) bond motifs is 2. The lowest BCUT2D eigenvalue weighted by Crippen LogP contribution is -2.37. The Morgan fingerprint density at radius 3 is 2.04 bits per heavy atom. The van der Waals surface area contributed by atoms with Crippen LogP contribution >= 0.6 is 0 Å². The van der Waals surface area contributed by atoms with Crippen molar-refractivity contribution in [1.29, 1.82) is 0 Å². The van der Waals surface area contributed by atoms with E-state index in [4.69, 9.17) is 9.47 Å². The zero-order valence-electron chi connectivity index (χ0n) is 39.2. The minimum Gasteiger partial charge on any atom is -0.466 e. The van der Waals surface area contributed by atoms with Crippen LogP contribution in [0.25, 0.3) is 22.1 Å². The van der Waals surface area contributed by atoms with E-state index in [1.165, 1.54) is 19.5 Å². The number of amides is 4. The Morgan fingerprint density at radius 1 is 0.765 bits per heavy atom. The maximum atomic E-state index is 12.9. The molecule has 17 heteroatoms. The summed E-state index contributed by atoms with van der Waals surface area (Å²) < 4.78 is 14.4. The van der Waals surface area contributed by atoms with Crippen LogP contribution in [0.2, 0.25) is 0 Å². The van der Waals surface area contributed by atoms with Crippen LogP contribution in [0.3, 0.4) is 0 Å². The number of hydrogen-bond donors (Lipinski definition) is 3. The summed E-state index contributed by atoms with van der Waals surface area (Å²) in [5, 5.41) is 8.67. The van der Waals surface area contributed by atoms with Gasteiger partial charge in [0.15, 0.2) is 0 Å². The van der Waals surface area contributed by atoms with E-state index in [0.717, 1.165) is 99.2 Å². The number of anilines is 2. The van der Waals surface area contributed by atoms with Crippen LogP contribution in [-0.2, 0) is 50.0 Å². The average molecular weight is 927 g/mol. The van der Waals surface area contributed by atoms with Gasteiger partial charge in [-0.3, -0.25) is 44.5 Å². The maximum absolute atomic E-state index is 12.9. The standard InChI is InChI=1S/C27H33N5O4.C24H29N5O3/c1-3-36-24(33)13-15-32-23-16-19(18-31(2)26(35)20-8-5-4-6-9-20)11-12-22(23)29-27(32)30-25(34)21-10-7-14-28-17-21;1-18(30)25-17-19-8-9-21-22(16-19)29(11-5-10-28-12-14-32-15-13-28)24(26-21)27-23(31)20-6-3-2-4-7-20/h7,10-12,14,16-17,20H,3-6,8-9,13,15,18H2,1-2H3,(H,29,30,34);2-4,6-9,16H,5,10-15,17H2,1H3,(H,25,30)(H,26,27,31). The van der Waals surface area contributed by atoms with Gasteiger partial charge in [-0.05, 0) is 85.8 Å². The third-order valence-corrected chi connectivity index (χ3v) is 12.1. The van der Waals surface area contributed by atoms with Gasteiger partial charge in [0.1, 0.15) is 0 Å². The zero-order chi connectivity index (χ0) is 47.8. The number of aromatic nitrogens is 5. The minimum absolute atomic E-state index is 0.0695. The van der Waals surface area contributed by atoms with Gasteiger partial charge in [-0.1, -0.05) is 49.6 Å². The van der Waals surface area contributed by atoms with Crippen molar-refractivity contribution in [2.75, 3.05) is 57.1 Å². The fraction of sp³-hybridized carbons (Fsp3) is 0.412. The quantitative estimate of drug-likeness (QED) is 0.0813. The van der Waals surface area contributed by atoms with Crippen molar-refractivity contribution in [2.45, 2.75) is 85.0 Å². The van der Waals surface area contributed by atoms with Gasteiger partial charge >= 0.3 is 5.97 Å². The topological polar surface area (TPSA) is 195 Å². The summed E-state index contributed by atoms with van der Waals surface area (Å²) in [5.41, 5.74) is 6.15. The lowest BCUT2D eigenvalue weighted by Gasteiger charge is -2.26. The van der Waals surface area contributed by atoms with Crippen molar-refractivity contribution >= 4 is 63.6 Å². The number of pyridine rings is 1. The van der Waals surface area contributed by atoms with Crippen LogP contribution < -0.4 is 16.0 Å². The molecule has 4 amide bonds. The van der Waals surface area contributed by atoms with Crippen molar-refractivity contribution in [1.82, 2.24) is 39.2 Å². The molecule has 2 fully saturated rings. The van der Waals surface area contributed by atoms with E-state index in [1.54, 1.807) is 42.3 Å². The molecule has 0 spiro atoms. The molecule has 0 bridgehead atoms. The SMILES string of the molecule is CC(=O)NCc1ccc2nc(NC(=O)c3ccccc3)n(CCCN3CCOCC3)c2c1.CCOC(=O)CCn1c(NC(=O)c2cccnc2)nc2ccc(CN(C)C(=O)C3CCCCC3)cc21. The van der Waals surface area contributed by atoms with Gasteiger partial charge in [0.2, 0.25) is 23.7 Å². The molecule has 358 valence electrons. The molecule has 3 aromatic carbocycles. The molecule has 4 heterocycles. The molecule has 1 aliphatic heterocycles. The van der Waals surface area contributed by atoms with E-state index in [9.17, 15) is 24.0 Å². The van der Waals surface area contributed by atoms with Gasteiger partial charge in [-0.25, -0.2) is 9.97 Å². The molecule has 1 aliphatic carbocycles. The first-order valence-corrected chi connectivity index (χ1v) is 23.6. The largest absolute Gasteiger partial charge is 0.466 e. The number of esters is 1. The number of benzene rings is 3. The molecule has 3 N–H and O–H groups in total. The van der Waals surface area contributed by atoms with E-state index in [2.05, 4.69) is 40.4 Å². The van der Waals surface area contributed by atoms with Gasteiger partial charge in [0, 0.05) is 83.7 Å². The Balaban J connectivity index is 0.000000203. The first-order chi connectivity index (χ1) is 33.1. The Kier molecular flexibility index (Phi) is 17.4. The average Bonchev–Trinajstić information content (AvgIpc) is 3.88. The first kappa shape index (κ1) is 48.9. The number of hydrogen-bond acceptors (Lipinski definition) is 11. The molecule has 68 heavy (non-hydrogen) atoms. The predicted octanol–water partition coefficient (Wildman–Crippen LogP) is 6.82. The van der Waals surface area contributed by atoms with Crippen LogP contribution in [0.4, 0.5) is 11.9 Å². The Bertz CT molecular complexity index is 2660. The molecule has 0 radical (unpaired) electrons. The smallest absolute Gasteiger partial charge is 0.307 e. The summed E-state index contributed by atoms with van der Waals surface area (Å²) in [5.74, 6) is 0.256. The number of imidazole rings is 2. The maximum Gasteiger partial charge on any atom is 0.307 e. The summed E-state index contributed by atoms with van der Waals surface area (Å²) in [7, 11) is 1.85. The third kappa shape index (κ3) is 13.3. The Labute approximate surface area is 396 Å². The molecule has 17 nitrogen and oxygen atoms in total. The van der Waals surface area contributed by atoms with E-state index >= 15 is 0 Å². The van der Waals surface area contributed by atoms with E-state index in [1.807, 2.05) is 66.2 Å². The highest BCUT2D eigenvalue weighted by Gasteiger charge is 2.25. The second-order valence-corrected chi connectivity index (χ2v) is 17.1. The number of nitrogens with zero attached hydrogens (tertiary/aromatic N) is 7. The van der Waals surface area contributed by atoms with Gasteiger partial charge < -0.3 is 28.8 Å². The lowest BCUT2D eigenvalue weighted by molar-refractivity contribution is -0.143. The van der Waals surface area contributed by atoms with Crippen molar-refractivity contribution in [3.05, 3.63) is 114 Å². The number of aryl methyl sites for hydroxylation is 2. The normalized spacial score (nSPS) is 14.2. The second kappa shape index (κ2) is 24.2. The molecule has 0 unspecified atom stereocenters. The molecule has 8 rings (SSSR count). The van der Waals surface area contributed by atoms with Crippen LogP contribution in [0.1, 0.15) is 90.6 Å². The number of nitrogens with one attached hydrogen (secondary N) is 3. The number of carbonyl (C=O) groups is 5. The van der Waals surface area contributed by atoms with E-state index < -0.39 is 0 Å². The highest BCUT2D eigenvalue weighted by atomic mass is 16.5. The molecule has 0 atom stereocenters. The summed E-state index contributed by atoms with van der Waals surface area (Å²) in [6, 6.07) is 24.2. The monoisotopic (exact) mass is 926 g/mol. The van der Waals surface area contributed by atoms with Gasteiger partial charge in [-0.2, -0.15) is 0 Å². The van der Waals surface area contributed by atoms with Crippen molar-refractivity contribution in [3.63, 3.8) is 0 Å². The molecule has 1 saturated heterocycles. The molecular weight excluding hydrogens is 865 g/mol. The Hall–Kier alpha value is -6.98.